The normalized spacial score (nSPS) is 12.5. The van der Waals surface area contributed by atoms with Crippen molar-refractivity contribution < 1.29 is 0 Å². The van der Waals surface area contributed by atoms with E-state index in [0.29, 0.717) is 5.25 Å². The average molecular weight is 353 g/mol. The highest BCUT2D eigenvalue weighted by atomic mass is 32.2. The molecule has 3 rings (SSSR count). The predicted octanol–water partition coefficient (Wildman–Crippen LogP) is 6.48. The van der Waals surface area contributed by atoms with Crippen LogP contribution in [-0.4, -0.2) is 15.3 Å². The molecule has 0 radical (unpaired) electrons. The zero-order valence-corrected chi connectivity index (χ0v) is 15.9. The maximum Gasteiger partial charge on any atom is 0.0946 e. The molecule has 0 saturated carbocycles. The van der Waals surface area contributed by atoms with Gasteiger partial charge in [0.15, 0.2) is 0 Å². The maximum atomic E-state index is 4.20. The molecule has 1 heterocycles. The van der Waals surface area contributed by atoms with E-state index in [1.54, 1.807) is 0 Å². The molecule has 2 nitrogen and oxygen atoms in total. The van der Waals surface area contributed by atoms with Crippen molar-refractivity contribution in [3.05, 3.63) is 66.7 Å². The lowest BCUT2D eigenvalue weighted by atomic mass is 10.0. The van der Waals surface area contributed by atoms with Crippen molar-refractivity contribution in [2.24, 2.45) is 0 Å². The molecule has 0 aliphatic heterocycles. The summed E-state index contributed by atoms with van der Waals surface area (Å²) in [6.07, 6.45) is 12.6. The van der Waals surface area contributed by atoms with E-state index in [1.807, 2.05) is 12.5 Å². The fourth-order valence-corrected chi connectivity index (χ4v) is 4.45. The van der Waals surface area contributed by atoms with E-state index >= 15 is 0 Å². The summed E-state index contributed by atoms with van der Waals surface area (Å²) in [7, 11) is 0. The van der Waals surface area contributed by atoms with Gasteiger partial charge in [-0.25, -0.2) is 4.98 Å². The van der Waals surface area contributed by atoms with Crippen LogP contribution >= 0.6 is 11.8 Å². The minimum Gasteiger partial charge on any atom is -0.336 e. The van der Waals surface area contributed by atoms with Gasteiger partial charge >= 0.3 is 0 Å². The predicted molar refractivity (Wildman–Crippen MR) is 110 cm³/mol. The third-order valence-electron chi connectivity index (χ3n) is 4.65. The van der Waals surface area contributed by atoms with Crippen LogP contribution in [0.1, 0.15) is 49.8 Å². The van der Waals surface area contributed by atoms with Gasteiger partial charge in [-0.15, -0.1) is 0 Å². The van der Waals surface area contributed by atoms with E-state index in [4.69, 9.17) is 0 Å². The van der Waals surface area contributed by atoms with Gasteiger partial charge in [-0.05, 0) is 34.6 Å². The summed E-state index contributed by atoms with van der Waals surface area (Å²) in [5.74, 6) is 1.23. The number of hydrogen-bond donors (Lipinski definition) is 0. The first-order valence-corrected chi connectivity index (χ1v) is 10.5. The third-order valence-corrected chi connectivity index (χ3v) is 6.00. The zero-order chi connectivity index (χ0) is 17.3. The van der Waals surface area contributed by atoms with Crippen molar-refractivity contribution in [1.82, 2.24) is 9.55 Å². The highest BCUT2D eigenvalue weighted by molar-refractivity contribution is 7.99. The lowest BCUT2D eigenvalue weighted by Crippen LogP contribution is -2.06. The molecule has 0 spiro atoms. The second kappa shape index (κ2) is 9.67. The summed E-state index contributed by atoms with van der Waals surface area (Å²) in [6, 6.07) is 15.5. The van der Waals surface area contributed by atoms with Crippen LogP contribution in [0.5, 0.6) is 0 Å². The number of nitrogens with zero attached hydrogens (tertiary/aromatic N) is 2. The van der Waals surface area contributed by atoms with Crippen molar-refractivity contribution in [1.29, 1.82) is 0 Å². The standard InChI is InChI=1S/C22H28N2S/c1-2-3-4-5-8-15-25-22(17-24-14-13-23-18-24)21-12-11-19-9-6-7-10-20(19)16-21/h6-7,9-14,16,18,22H,2-5,8,15,17H2,1H3. The Bertz CT molecular complexity index is 752. The minimum atomic E-state index is 0.477. The summed E-state index contributed by atoms with van der Waals surface area (Å²) in [5, 5.41) is 3.13. The van der Waals surface area contributed by atoms with Gasteiger partial charge in [0.25, 0.3) is 0 Å². The largest absolute Gasteiger partial charge is 0.336 e. The Morgan fingerprint density at radius 1 is 1.00 bits per heavy atom. The molecule has 1 atom stereocenters. The number of fused-ring (bicyclic) bond motifs is 1. The van der Waals surface area contributed by atoms with E-state index in [9.17, 15) is 0 Å². The average Bonchev–Trinajstić information content (AvgIpc) is 3.16. The molecular weight excluding hydrogens is 324 g/mol. The highest BCUT2D eigenvalue weighted by Gasteiger charge is 2.13. The smallest absolute Gasteiger partial charge is 0.0946 e. The Kier molecular flexibility index (Phi) is 6.99. The fourth-order valence-electron chi connectivity index (χ4n) is 3.18. The van der Waals surface area contributed by atoms with Gasteiger partial charge in [0.2, 0.25) is 0 Å². The summed E-state index contributed by atoms with van der Waals surface area (Å²) in [4.78, 5) is 4.20. The first kappa shape index (κ1) is 18.1. The second-order valence-electron chi connectivity index (χ2n) is 6.64. The number of benzene rings is 2. The first-order valence-electron chi connectivity index (χ1n) is 9.43. The van der Waals surface area contributed by atoms with Crippen molar-refractivity contribution in [3.63, 3.8) is 0 Å². The second-order valence-corrected chi connectivity index (χ2v) is 7.95. The Balaban J connectivity index is 1.68. The van der Waals surface area contributed by atoms with Crippen molar-refractivity contribution in [3.8, 4) is 0 Å². The van der Waals surface area contributed by atoms with Crippen LogP contribution in [0.4, 0.5) is 0 Å². The molecule has 3 heteroatoms. The van der Waals surface area contributed by atoms with Crippen LogP contribution in [0.15, 0.2) is 61.2 Å². The van der Waals surface area contributed by atoms with E-state index in [2.05, 4.69) is 76.9 Å². The molecule has 132 valence electrons. The highest BCUT2D eigenvalue weighted by Crippen LogP contribution is 2.33. The summed E-state index contributed by atoms with van der Waals surface area (Å²) in [6.45, 7) is 3.26. The Morgan fingerprint density at radius 3 is 2.64 bits per heavy atom. The lowest BCUT2D eigenvalue weighted by molar-refractivity contribution is 0.655. The monoisotopic (exact) mass is 352 g/mol. The van der Waals surface area contributed by atoms with Gasteiger partial charge in [0.05, 0.1) is 6.33 Å². The van der Waals surface area contributed by atoms with Gasteiger partial charge in [-0.3, -0.25) is 0 Å². The maximum absolute atomic E-state index is 4.20. The number of thioether (sulfide) groups is 1. The molecular formula is C22H28N2S. The zero-order valence-electron chi connectivity index (χ0n) is 15.1. The van der Waals surface area contributed by atoms with Gasteiger partial charge in [0, 0.05) is 24.2 Å². The third kappa shape index (κ3) is 5.37. The van der Waals surface area contributed by atoms with Gasteiger partial charge in [-0.1, -0.05) is 69.0 Å². The van der Waals surface area contributed by atoms with Crippen molar-refractivity contribution >= 4 is 22.5 Å². The van der Waals surface area contributed by atoms with Crippen LogP contribution in [0.25, 0.3) is 10.8 Å². The molecule has 0 bridgehead atoms. The molecule has 1 aromatic heterocycles. The Morgan fingerprint density at radius 2 is 1.84 bits per heavy atom. The molecule has 2 aromatic carbocycles. The number of aromatic nitrogens is 2. The van der Waals surface area contributed by atoms with Crippen LogP contribution in [-0.2, 0) is 6.54 Å². The molecule has 3 aromatic rings. The van der Waals surface area contributed by atoms with Crippen LogP contribution in [0, 0.1) is 0 Å². The van der Waals surface area contributed by atoms with Gasteiger partial charge < -0.3 is 4.57 Å². The molecule has 1 unspecified atom stereocenters. The summed E-state index contributed by atoms with van der Waals surface area (Å²) < 4.78 is 2.20. The van der Waals surface area contributed by atoms with E-state index in [1.165, 1.54) is 54.2 Å². The summed E-state index contributed by atoms with van der Waals surface area (Å²) >= 11 is 2.09. The van der Waals surface area contributed by atoms with Gasteiger partial charge in [0.1, 0.15) is 0 Å². The van der Waals surface area contributed by atoms with Crippen molar-refractivity contribution in [2.75, 3.05) is 5.75 Å². The molecule has 0 aliphatic carbocycles. The van der Waals surface area contributed by atoms with Crippen LogP contribution < -0.4 is 0 Å². The fraction of sp³-hybridized carbons (Fsp3) is 0.409. The van der Waals surface area contributed by atoms with Gasteiger partial charge in [-0.2, -0.15) is 11.8 Å². The van der Waals surface area contributed by atoms with Crippen molar-refractivity contribution in [2.45, 2.75) is 50.8 Å². The number of imidazole rings is 1. The van der Waals surface area contributed by atoms with Crippen LogP contribution in [0.3, 0.4) is 0 Å². The quantitative estimate of drug-likeness (QED) is 0.389. The molecule has 0 N–H and O–H groups in total. The lowest BCUT2D eigenvalue weighted by Gasteiger charge is -2.18. The topological polar surface area (TPSA) is 17.8 Å². The number of hydrogen-bond acceptors (Lipinski definition) is 2. The first-order chi connectivity index (χ1) is 12.4. The number of rotatable bonds is 10. The number of unbranched alkanes of at least 4 members (excludes halogenated alkanes) is 4. The summed E-state index contributed by atoms with van der Waals surface area (Å²) in [5.41, 5.74) is 1.42. The van der Waals surface area contributed by atoms with E-state index < -0.39 is 0 Å². The Hall–Kier alpha value is -1.74. The molecule has 0 amide bonds. The van der Waals surface area contributed by atoms with E-state index in [0.717, 1.165) is 6.54 Å². The molecule has 0 aliphatic rings. The minimum absolute atomic E-state index is 0.477. The molecule has 25 heavy (non-hydrogen) atoms. The SMILES string of the molecule is CCCCCCCSC(Cn1ccnc1)c1ccc2ccccc2c1. The Labute approximate surface area is 155 Å². The van der Waals surface area contributed by atoms with E-state index in [-0.39, 0.29) is 0 Å². The van der Waals surface area contributed by atoms with Crippen LogP contribution in [0.2, 0.25) is 0 Å². The molecule has 0 fully saturated rings. The molecule has 0 saturated heterocycles.